The maximum Gasteiger partial charge on any atom is 0.286 e. The molecule has 1 aromatic rings. The van der Waals surface area contributed by atoms with E-state index in [-0.39, 0.29) is 12.5 Å². The molecule has 4 heteroatoms. The summed E-state index contributed by atoms with van der Waals surface area (Å²) in [6, 6.07) is 3.31. The van der Waals surface area contributed by atoms with Gasteiger partial charge in [-0.15, -0.1) is 0 Å². The Morgan fingerprint density at radius 2 is 2.47 bits per heavy atom. The lowest BCUT2D eigenvalue weighted by Crippen LogP contribution is -2.29. The van der Waals surface area contributed by atoms with E-state index >= 15 is 0 Å². The van der Waals surface area contributed by atoms with E-state index in [1.165, 1.54) is 6.26 Å². The zero-order valence-electron chi connectivity index (χ0n) is 8.90. The van der Waals surface area contributed by atoms with Gasteiger partial charge in [-0.05, 0) is 24.5 Å². The fourth-order valence-electron chi connectivity index (χ4n) is 1.37. The molecular weight excluding hydrogens is 194 g/mol. The van der Waals surface area contributed by atoms with E-state index in [9.17, 15) is 4.79 Å². The Labute approximate surface area is 89.3 Å². The molecular formula is C11H17NO3. The number of amides is 1. The molecule has 1 atom stereocenters. The molecule has 0 spiro atoms. The average Bonchev–Trinajstić information content (AvgIpc) is 2.77. The van der Waals surface area contributed by atoms with Crippen LogP contribution in [0.25, 0.3) is 0 Å². The molecule has 1 amide bonds. The van der Waals surface area contributed by atoms with Gasteiger partial charge in [0, 0.05) is 13.2 Å². The Morgan fingerprint density at radius 1 is 1.67 bits per heavy atom. The molecule has 0 fully saturated rings. The first-order valence-corrected chi connectivity index (χ1v) is 5.20. The Morgan fingerprint density at radius 3 is 3.00 bits per heavy atom. The van der Waals surface area contributed by atoms with Crippen molar-refractivity contribution in [3.05, 3.63) is 24.2 Å². The number of hydrogen-bond donors (Lipinski definition) is 2. The summed E-state index contributed by atoms with van der Waals surface area (Å²) >= 11 is 0. The van der Waals surface area contributed by atoms with Crippen LogP contribution < -0.4 is 5.32 Å². The highest BCUT2D eigenvalue weighted by Gasteiger charge is 2.11. The molecule has 2 N–H and O–H groups in total. The van der Waals surface area contributed by atoms with E-state index in [0.717, 1.165) is 12.8 Å². The van der Waals surface area contributed by atoms with Crippen LogP contribution in [0.15, 0.2) is 22.8 Å². The average molecular weight is 211 g/mol. The number of hydrogen-bond acceptors (Lipinski definition) is 3. The molecule has 0 saturated heterocycles. The van der Waals surface area contributed by atoms with E-state index in [0.29, 0.717) is 18.2 Å². The standard InChI is InChI=1S/C11H17NO3/c1-2-9(5-6-13)8-12-11(14)10-4-3-7-15-10/h3-4,7,9,13H,2,5-6,8H2,1H3,(H,12,14). The number of furan rings is 1. The van der Waals surface area contributed by atoms with Crippen molar-refractivity contribution < 1.29 is 14.3 Å². The quantitative estimate of drug-likeness (QED) is 0.748. The van der Waals surface area contributed by atoms with Gasteiger partial charge < -0.3 is 14.8 Å². The third kappa shape index (κ3) is 3.75. The number of aliphatic hydroxyl groups excluding tert-OH is 1. The summed E-state index contributed by atoms with van der Waals surface area (Å²) in [4.78, 5) is 11.5. The first-order valence-electron chi connectivity index (χ1n) is 5.20. The Hall–Kier alpha value is -1.29. The maximum absolute atomic E-state index is 11.5. The number of rotatable bonds is 6. The van der Waals surface area contributed by atoms with Crippen molar-refractivity contribution in [3.63, 3.8) is 0 Å². The SMILES string of the molecule is CCC(CCO)CNC(=O)c1ccco1. The molecule has 0 aromatic carbocycles. The van der Waals surface area contributed by atoms with Crippen molar-refractivity contribution in [1.82, 2.24) is 5.32 Å². The van der Waals surface area contributed by atoms with Gasteiger partial charge in [0.05, 0.1) is 6.26 Å². The molecule has 1 heterocycles. The maximum atomic E-state index is 11.5. The molecule has 84 valence electrons. The fraction of sp³-hybridized carbons (Fsp3) is 0.545. The summed E-state index contributed by atoms with van der Waals surface area (Å²) in [6.45, 7) is 2.78. The topological polar surface area (TPSA) is 62.5 Å². The molecule has 1 rings (SSSR count). The second-order valence-electron chi connectivity index (χ2n) is 3.47. The van der Waals surface area contributed by atoms with E-state index in [2.05, 4.69) is 5.32 Å². The van der Waals surface area contributed by atoms with Crippen LogP contribution >= 0.6 is 0 Å². The van der Waals surface area contributed by atoms with Gasteiger partial charge in [-0.1, -0.05) is 13.3 Å². The molecule has 1 unspecified atom stereocenters. The Balaban J connectivity index is 2.33. The highest BCUT2D eigenvalue weighted by atomic mass is 16.3. The van der Waals surface area contributed by atoms with Crippen molar-refractivity contribution in [2.24, 2.45) is 5.92 Å². The molecule has 0 aliphatic heterocycles. The first kappa shape index (κ1) is 11.8. The Bertz CT molecular complexity index is 282. The lowest BCUT2D eigenvalue weighted by Gasteiger charge is -2.13. The Kier molecular flexibility index (Phi) is 4.90. The molecule has 0 aliphatic rings. The predicted molar refractivity (Wildman–Crippen MR) is 56.5 cm³/mol. The van der Waals surface area contributed by atoms with Crippen molar-refractivity contribution in [2.75, 3.05) is 13.2 Å². The minimum Gasteiger partial charge on any atom is -0.459 e. The molecule has 15 heavy (non-hydrogen) atoms. The lowest BCUT2D eigenvalue weighted by molar-refractivity contribution is 0.0916. The van der Waals surface area contributed by atoms with Crippen LogP contribution in [0.4, 0.5) is 0 Å². The number of aliphatic hydroxyl groups is 1. The molecule has 0 saturated carbocycles. The van der Waals surface area contributed by atoms with Crippen LogP contribution in [-0.2, 0) is 0 Å². The second kappa shape index (κ2) is 6.24. The van der Waals surface area contributed by atoms with Gasteiger partial charge >= 0.3 is 0 Å². The smallest absolute Gasteiger partial charge is 0.286 e. The predicted octanol–water partition coefficient (Wildman–Crippen LogP) is 1.42. The van der Waals surface area contributed by atoms with Gasteiger partial charge in [0.2, 0.25) is 0 Å². The molecule has 0 bridgehead atoms. The van der Waals surface area contributed by atoms with Crippen molar-refractivity contribution in [2.45, 2.75) is 19.8 Å². The summed E-state index contributed by atoms with van der Waals surface area (Å²) in [5.74, 6) is 0.458. The number of carbonyl (C=O) groups excluding carboxylic acids is 1. The van der Waals surface area contributed by atoms with Crippen LogP contribution in [0.2, 0.25) is 0 Å². The largest absolute Gasteiger partial charge is 0.459 e. The zero-order valence-corrected chi connectivity index (χ0v) is 8.90. The summed E-state index contributed by atoms with van der Waals surface area (Å²) in [6.07, 6.45) is 3.13. The minimum atomic E-state index is -0.198. The molecule has 1 aromatic heterocycles. The van der Waals surface area contributed by atoms with Gasteiger partial charge in [-0.2, -0.15) is 0 Å². The number of nitrogens with one attached hydrogen (secondary N) is 1. The lowest BCUT2D eigenvalue weighted by atomic mass is 10.0. The summed E-state index contributed by atoms with van der Waals surface area (Å²) < 4.78 is 4.96. The number of carbonyl (C=O) groups is 1. The van der Waals surface area contributed by atoms with Gasteiger partial charge in [0.25, 0.3) is 5.91 Å². The summed E-state index contributed by atoms with van der Waals surface area (Å²) in [5.41, 5.74) is 0. The van der Waals surface area contributed by atoms with Crippen LogP contribution in [0.1, 0.15) is 30.3 Å². The van der Waals surface area contributed by atoms with Gasteiger partial charge in [0.15, 0.2) is 5.76 Å². The third-order valence-corrected chi connectivity index (χ3v) is 2.41. The van der Waals surface area contributed by atoms with Crippen molar-refractivity contribution >= 4 is 5.91 Å². The van der Waals surface area contributed by atoms with E-state index < -0.39 is 0 Å². The van der Waals surface area contributed by atoms with E-state index in [1.54, 1.807) is 12.1 Å². The van der Waals surface area contributed by atoms with Crippen LogP contribution in [0.3, 0.4) is 0 Å². The van der Waals surface area contributed by atoms with Crippen molar-refractivity contribution in [3.8, 4) is 0 Å². The third-order valence-electron chi connectivity index (χ3n) is 2.41. The first-order chi connectivity index (χ1) is 7.27. The normalized spacial score (nSPS) is 12.4. The van der Waals surface area contributed by atoms with Crippen LogP contribution in [0, 0.1) is 5.92 Å². The van der Waals surface area contributed by atoms with Crippen molar-refractivity contribution in [1.29, 1.82) is 0 Å². The van der Waals surface area contributed by atoms with E-state index in [4.69, 9.17) is 9.52 Å². The molecule has 4 nitrogen and oxygen atoms in total. The van der Waals surface area contributed by atoms with Gasteiger partial charge in [0.1, 0.15) is 0 Å². The van der Waals surface area contributed by atoms with Gasteiger partial charge in [-0.3, -0.25) is 4.79 Å². The second-order valence-corrected chi connectivity index (χ2v) is 3.47. The summed E-state index contributed by atoms with van der Waals surface area (Å²) in [7, 11) is 0. The van der Waals surface area contributed by atoms with Gasteiger partial charge in [-0.25, -0.2) is 0 Å². The minimum absolute atomic E-state index is 0.162. The molecule has 0 aliphatic carbocycles. The highest BCUT2D eigenvalue weighted by Crippen LogP contribution is 2.06. The zero-order chi connectivity index (χ0) is 11.1. The summed E-state index contributed by atoms with van der Waals surface area (Å²) in [5, 5.41) is 11.6. The van der Waals surface area contributed by atoms with Crippen LogP contribution in [-0.4, -0.2) is 24.2 Å². The molecule has 0 radical (unpaired) electrons. The fourth-order valence-corrected chi connectivity index (χ4v) is 1.37. The highest BCUT2D eigenvalue weighted by molar-refractivity contribution is 5.91. The van der Waals surface area contributed by atoms with E-state index in [1.807, 2.05) is 6.92 Å². The van der Waals surface area contributed by atoms with Crippen LogP contribution in [0.5, 0.6) is 0 Å². The monoisotopic (exact) mass is 211 g/mol.